The molecule has 0 aromatic heterocycles. The van der Waals surface area contributed by atoms with Crippen LogP contribution in [0.15, 0.2) is 54.6 Å². The SMILES string of the molecule is NC(Cc1cccc(Cl)c1)C1CCN(C(=O)c2ccccc2)CC1.O=C(O)C(F)(F)F. The fourth-order valence-corrected chi connectivity index (χ4v) is 3.61. The molecule has 0 radical (unpaired) electrons. The number of benzene rings is 2. The highest BCUT2D eigenvalue weighted by molar-refractivity contribution is 6.30. The molecule has 1 unspecified atom stereocenters. The molecule has 1 saturated heterocycles. The zero-order chi connectivity index (χ0) is 23.0. The summed E-state index contributed by atoms with van der Waals surface area (Å²) in [7, 11) is 0. The Bertz CT molecular complexity index is 870. The van der Waals surface area contributed by atoms with Gasteiger partial charge in [0, 0.05) is 29.7 Å². The molecule has 0 aliphatic carbocycles. The van der Waals surface area contributed by atoms with E-state index in [9.17, 15) is 18.0 Å². The molecule has 2 aromatic rings. The quantitative estimate of drug-likeness (QED) is 0.714. The number of hydrogen-bond donors (Lipinski definition) is 2. The number of alkyl halides is 3. The van der Waals surface area contributed by atoms with E-state index < -0.39 is 12.1 Å². The molecule has 0 saturated carbocycles. The second-order valence-electron chi connectivity index (χ2n) is 7.30. The molecule has 5 nitrogen and oxygen atoms in total. The van der Waals surface area contributed by atoms with Crippen molar-refractivity contribution in [2.75, 3.05) is 13.1 Å². The molecule has 1 heterocycles. The number of aliphatic carboxylic acids is 1. The van der Waals surface area contributed by atoms with Crippen LogP contribution in [0.3, 0.4) is 0 Å². The van der Waals surface area contributed by atoms with Crippen LogP contribution in [0.4, 0.5) is 13.2 Å². The van der Waals surface area contributed by atoms with Crippen LogP contribution in [0.2, 0.25) is 5.02 Å². The molecule has 3 N–H and O–H groups in total. The van der Waals surface area contributed by atoms with Crippen molar-refractivity contribution >= 4 is 23.5 Å². The van der Waals surface area contributed by atoms with Gasteiger partial charge in [0.1, 0.15) is 0 Å². The minimum atomic E-state index is -5.08. The maximum atomic E-state index is 12.5. The second-order valence-corrected chi connectivity index (χ2v) is 7.73. The van der Waals surface area contributed by atoms with E-state index >= 15 is 0 Å². The van der Waals surface area contributed by atoms with Crippen LogP contribution >= 0.6 is 11.6 Å². The van der Waals surface area contributed by atoms with Crippen molar-refractivity contribution in [3.05, 3.63) is 70.7 Å². The normalized spacial score (nSPS) is 15.6. The number of carboxylic acids is 1. The van der Waals surface area contributed by atoms with E-state index in [2.05, 4.69) is 6.07 Å². The highest BCUT2D eigenvalue weighted by Crippen LogP contribution is 2.24. The van der Waals surface area contributed by atoms with Gasteiger partial charge in [-0.1, -0.05) is 41.9 Å². The summed E-state index contributed by atoms with van der Waals surface area (Å²) in [6, 6.07) is 17.5. The number of carbonyl (C=O) groups excluding carboxylic acids is 1. The lowest BCUT2D eigenvalue weighted by atomic mass is 9.86. The summed E-state index contributed by atoms with van der Waals surface area (Å²) >= 11 is 6.04. The lowest BCUT2D eigenvalue weighted by Gasteiger charge is -2.35. The van der Waals surface area contributed by atoms with Gasteiger partial charge < -0.3 is 15.7 Å². The molecular weight excluding hydrogens is 433 g/mol. The number of piperidine rings is 1. The topological polar surface area (TPSA) is 83.6 Å². The number of halogens is 4. The Morgan fingerprint density at radius 1 is 1.10 bits per heavy atom. The van der Waals surface area contributed by atoms with Gasteiger partial charge in [0.05, 0.1) is 0 Å². The highest BCUT2D eigenvalue weighted by Gasteiger charge is 2.38. The second kappa shape index (κ2) is 11.2. The molecule has 31 heavy (non-hydrogen) atoms. The zero-order valence-electron chi connectivity index (χ0n) is 16.7. The lowest BCUT2D eigenvalue weighted by Crippen LogP contribution is -2.44. The van der Waals surface area contributed by atoms with Gasteiger partial charge in [0.25, 0.3) is 5.91 Å². The third-order valence-electron chi connectivity index (χ3n) is 5.06. The lowest BCUT2D eigenvalue weighted by molar-refractivity contribution is -0.192. The Morgan fingerprint density at radius 3 is 2.19 bits per heavy atom. The van der Waals surface area contributed by atoms with E-state index in [0.29, 0.717) is 5.92 Å². The van der Waals surface area contributed by atoms with Crippen LogP contribution in [-0.2, 0) is 11.2 Å². The molecule has 1 amide bonds. The zero-order valence-corrected chi connectivity index (χ0v) is 17.4. The monoisotopic (exact) mass is 456 g/mol. The molecule has 1 fully saturated rings. The van der Waals surface area contributed by atoms with Crippen molar-refractivity contribution in [1.82, 2.24) is 4.90 Å². The molecule has 1 aliphatic heterocycles. The van der Waals surface area contributed by atoms with Crippen molar-refractivity contribution in [1.29, 1.82) is 0 Å². The number of hydrogen-bond acceptors (Lipinski definition) is 3. The minimum Gasteiger partial charge on any atom is -0.475 e. The smallest absolute Gasteiger partial charge is 0.475 e. The van der Waals surface area contributed by atoms with Crippen molar-refractivity contribution < 1.29 is 27.9 Å². The summed E-state index contributed by atoms with van der Waals surface area (Å²) in [6.07, 6.45) is -2.33. The molecule has 1 atom stereocenters. The number of rotatable bonds is 4. The fraction of sp³-hybridized carbons (Fsp3) is 0.364. The molecule has 168 valence electrons. The first-order valence-electron chi connectivity index (χ1n) is 9.72. The van der Waals surface area contributed by atoms with Gasteiger partial charge in [0.15, 0.2) is 0 Å². The number of nitrogens with zero attached hydrogens (tertiary/aromatic N) is 1. The van der Waals surface area contributed by atoms with Crippen LogP contribution in [0, 0.1) is 5.92 Å². The molecule has 0 bridgehead atoms. The molecule has 2 aromatic carbocycles. The van der Waals surface area contributed by atoms with E-state index in [1.54, 1.807) is 0 Å². The van der Waals surface area contributed by atoms with Crippen LogP contribution < -0.4 is 5.73 Å². The molecule has 3 rings (SSSR count). The Labute approximate surface area is 183 Å². The summed E-state index contributed by atoms with van der Waals surface area (Å²) in [5.41, 5.74) is 8.36. The molecule has 0 spiro atoms. The first-order valence-corrected chi connectivity index (χ1v) is 10.1. The summed E-state index contributed by atoms with van der Waals surface area (Å²) in [5.74, 6) is -2.19. The maximum absolute atomic E-state index is 12.5. The average Bonchev–Trinajstić information content (AvgIpc) is 2.74. The largest absolute Gasteiger partial charge is 0.490 e. The Morgan fingerprint density at radius 2 is 1.68 bits per heavy atom. The number of likely N-dealkylation sites (tertiary alicyclic amines) is 1. The van der Waals surface area contributed by atoms with E-state index in [4.69, 9.17) is 27.2 Å². The highest BCUT2D eigenvalue weighted by atomic mass is 35.5. The molecular formula is C22H24ClF3N2O3. The third kappa shape index (κ3) is 7.88. The van der Waals surface area contributed by atoms with Gasteiger partial charge in [-0.3, -0.25) is 4.79 Å². The van der Waals surface area contributed by atoms with Gasteiger partial charge >= 0.3 is 12.1 Å². The van der Waals surface area contributed by atoms with E-state index in [-0.39, 0.29) is 11.9 Å². The maximum Gasteiger partial charge on any atom is 0.490 e. The minimum absolute atomic E-state index is 0.109. The van der Waals surface area contributed by atoms with Crippen LogP contribution in [-0.4, -0.2) is 47.2 Å². The Kier molecular flexibility index (Phi) is 8.88. The van der Waals surface area contributed by atoms with Crippen molar-refractivity contribution in [3.63, 3.8) is 0 Å². The predicted molar refractivity (Wildman–Crippen MR) is 112 cm³/mol. The van der Waals surface area contributed by atoms with Gasteiger partial charge in [-0.25, -0.2) is 4.79 Å². The van der Waals surface area contributed by atoms with Crippen molar-refractivity contribution in [3.8, 4) is 0 Å². The van der Waals surface area contributed by atoms with E-state index in [1.807, 2.05) is 53.4 Å². The molecule has 1 aliphatic rings. The standard InChI is InChI=1S/C20H23ClN2O.C2HF3O2/c21-18-8-4-5-15(13-18)14-19(22)16-9-11-23(12-10-16)20(24)17-6-2-1-3-7-17;3-2(4,5)1(6)7/h1-8,13,16,19H,9-12,14,22H2;(H,6,7). The number of nitrogens with two attached hydrogens (primary N) is 1. The van der Waals surface area contributed by atoms with E-state index in [0.717, 1.165) is 42.9 Å². The van der Waals surface area contributed by atoms with Gasteiger partial charge in [-0.2, -0.15) is 13.2 Å². The Hall–Kier alpha value is -2.58. The number of amides is 1. The van der Waals surface area contributed by atoms with Crippen LogP contribution in [0.1, 0.15) is 28.8 Å². The summed E-state index contributed by atoms with van der Waals surface area (Å²) in [5, 5.41) is 7.88. The first kappa shape index (κ1) is 24.7. The summed E-state index contributed by atoms with van der Waals surface area (Å²) < 4.78 is 31.7. The average molecular weight is 457 g/mol. The van der Waals surface area contributed by atoms with Crippen molar-refractivity contribution in [2.24, 2.45) is 11.7 Å². The Balaban J connectivity index is 0.000000423. The van der Waals surface area contributed by atoms with Crippen LogP contribution in [0.5, 0.6) is 0 Å². The fourth-order valence-electron chi connectivity index (χ4n) is 3.40. The summed E-state index contributed by atoms with van der Waals surface area (Å²) in [6.45, 7) is 1.56. The first-order chi connectivity index (χ1) is 14.6. The summed E-state index contributed by atoms with van der Waals surface area (Å²) in [4.78, 5) is 23.3. The predicted octanol–water partition coefficient (Wildman–Crippen LogP) is 4.40. The van der Waals surface area contributed by atoms with Crippen molar-refractivity contribution in [2.45, 2.75) is 31.5 Å². The number of carbonyl (C=O) groups is 2. The number of carboxylic acid groups (broad SMARTS) is 1. The third-order valence-corrected chi connectivity index (χ3v) is 5.29. The van der Waals surface area contributed by atoms with E-state index in [1.165, 1.54) is 5.56 Å². The van der Waals surface area contributed by atoms with Gasteiger partial charge in [-0.05, 0) is 55.0 Å². The van der Waals surface area contributed by atoms with Gasteiger partial charge in [-0.15, -0.1) is 0 Å². The van der Waals surface area contributed by atoms with Gasteiger partial charge in [0.2, 0.25) is 0 Å². The van der Waals surface area contributed by atoms with Crippen LogP contribution in [0.25, 0.3) is 0 Å². The molecule has 9 heteroatoms.